The molecule has 0 aromatic heterocycles. The molecule has 1 unspecified atom stereocenters. The lowest BCUT2D eigenvalue weighted by molar-refractivity contribution is 0.575. The van der Waals surface area contributed by atoms with Crippen LogP contribution < -0.4 is 5.32 Å². The van der Waals surface area contributed by atoms with Gasteiger partial charge in [0.2, 0.25) is 0 Å². The molecule has 0 saturated carbocycles. The SMILES string of the molecule is Cc1ccc(NC2=NCC(CC(C)C)S2)cc1Br. The first kappa shape index (κ1) is 13.9. The van der Waals surface area contributed by atoms with Crippen molar-refractivity contribution in [2.75, 3.05) is 11.9 Å². The summed E-state index contributed by atoms with van der Waals surface area (Å²) < 4.78 is 1.13. The van der Waals surface area contributed by atoms with Crippen molar-refractivity contribution in [2.45, 2.75) is 32.4 Å². The molecule has 4 heteroatoms. The van der Waals surface area contributed by atoms with Crippen molar-refractivity contribution in [1.29, 1.82) is 0 Å². The second kappa shape index (κ2) is 6.11. The van der Waals surface area contributed by atoms with Gasteiger partial charge in [-0.3, -0.25) is 4.99 Å². The Morgan fingerprint density at radius 1 is 1.50 bits per heavy atom. The Labute approximate surface area is 122 Å². The molecule has 1 atom stereocenters. The van der Waals surface area contributed by atoms with E-state index in [1.807, 2.05) is 11.8 Å². The van der Waals surface area contributed by atoms with E-state index >= 15 is 0 Å². The van der Waals surface area contributed by atoms with Gasteiger partial charge in [-0.1, -0.05) is 47.6 Å². The van der Waals surface area contributed by atoms with Crippen molar-refractivity contribution in [1.82, 2.24) is 0 Å². The Morgan fingerprint density at radius 2 is 2.28 bits per heavy atom. The fraction of sp³-hybridized carbons (Fsp3) is 0.500. The van der Waals surface area contributed by atoms with Crippen LogP contribution in [0.1, 0.15) is 25.8 Å². The topological polar surface area (TPSA) is 24.4 Å². The van der Waals surface area contributed by atoms with Gasteiger partial charge < -0.3 is 5.32 Å². The van der Waals surface area contributed by atoms with E-state index < -0.39 is 0 Å². The molecule has 0 fully saturated rings. The van der Waals surface area contributed by atoms with Gasteiger partial charge in [0.05, 0.1) is 6.54 Å². The number of nitrogens with zero attached hydrogens (tertiary/aromatic N) is 1. The smallest absolute Gasteiger partial charge is 0.161 e. The number of halogens is 1. The number of hydrogen-bond acceptors (Lipinski definition) is 3. The van der Waals surface area contributed by atoms with E-state index in [1.54, 1.807) is 0 Å². The van der Waals surface area contributed by atoms with Crippen molar-refractivity contribution in [3.8, 4) is 0 Å². The van der Waals surface area contributed by atoms with Crippen molar-refractivity contribution in [3.63, 3.8) is 0 Å². The molecule has 1 aliphatic rings. The van der Waals surface area contributed by atoms with Gasteiger partial charge >= 0.3 is 0 Å². The van der Waals surface area contributed by atoms with Crippen molar-refractivity contribution < 1.29 is 0 Å². The molecule has 0 bridgehead atoms. The third-order valence-corrected chi connectivity index (χ3v) is 4.86. The van der Waals surface area contributed by atoms with E-state index in [-0.39, 0.29) is 0 Å². The maximum absolute atomic E-state index is 4.57. The average molecular weight is 327 g/mol. The third-order valence-electron chi connectivity index (χ3n) is 2.87. The number of anilines is 1. The van der Waals surface area contributed by atoms with Crippen molar-refractivity contribution in [3.05, 3.63) is 28.2 Å². The highest BCUT2D eigenvalue weighted by Crippen LogP contribution is 2.28. The summed E-state index contributed by atoms with van der Waals surface area (Å²) in [7, 11) is 0. The summed E-state index contributed by atoms with van der Waals surface area (Å²) in [5.74, 6) is 0.741. The zero-order valence-electron chi connectivity index (χ0n) is 11.0. The van der Waals surface area contributed by atoms with Crippen LogP contribution in [-0.2, 0) is 0 Å². The number of amidine groups is 1. The number of benzene rings is 1. The largest absolute Gasteiger partial charge is 0.335 e. The van der Waals surface area contributed by atoms with Crippen LogP contribution in [0.15, 0.2) is 27.7 Å². The normalized spacial score (nSPS) is 19.2. The predicted octanol–water partition coefficient (Wildman–Crippen LogP) is 4.69. The molecule has 1 aromatic carbocycles. The number of hydrogen-bond donors (Lipinski definition) is 1. The average Bonchev–Trinajstić information content (AvgIpc) is 2.70. The van der Waals surface area contributed by atoms with Crippen LogP contribution in [0, 0.1) is 12.8 Å². The molecule has 1 N–H and O–H groups in total. The molecule has 2 rings (SSSR count). The highest BCUT2D eigenvalue weighted by molar-refractivity contribution is 9.10. The van der Waals surface area contributed by atoms with Gasteiger partial charge in [-0.05, 0) is 37.0 Å². The lowest BCUT2D eigenvalue weighted by atomic mass is 10.1. The molecule has 18 heavy (non-hydrogen) atoms. The van der Waals surface area contributed by atoms with Crippen LogP contribution in [0.25, 0.3) is 0 Å². The summed E-state index contributed by atoms with van der Waals surface area (Å²) in [6.45, 7) is 7.57. The summed E-state index contributed by atoms with van der Waals surface area (Å²) in [5, 5.41) is 5.09. The van der Waals surface area contributed by atoms with Gasteiger partial charge in [0.1, 0.15) is 0 Å². The monoisotopic (exact) mass is 326 g/mol. The summed E-state index contributed by atoms with van der Waals surface area (Å²) in [6.07, 6.45) is 1.23. The molecular weight excluding hydrogens is 308 g/mol. The fourth-order valence-corrected chi connectivity index (χ4v) is 3.58. The molecule has 0 saturated heterocycles. The number of aliphatic imine (C=N–C) groups is 1. The summed E-state index contributed by atoms with van der Waals surface area (Å²) >= 11 is 5.42. The van der Waals surface area contributed by atoms with Crippen LogP contribution >= 0.6 is 27.7 Å². The minimum atomic E-state index is 0.640. The zero-order chi connectivity index (χ0) is 13.1. The minimum absolute atomic E-state index is 0.640. The van der Waals surface area contributed by atoms with Crippen LogP contribution in [0.2, 0.25) is 0 Å². The van der Waals surface area contributed by atoms with Crippen LogP contribution in [0.4, 0.5) is 5.69 Å². The Balaban J connectivity index is 1.93. The van der Waals surface area contributed by atoms with Gasteiger partial charge in [-0.2, -0.15) is 0 Å². The first-order chi connectivity index (χ1) is 8.54. The first-order valence-electron chi connectivity index (χ1n) is 6.29. The highest BCUT2D eigenvalue weighted by atomic mass is 79.9. The van der Waals surface area contributed by atoms with E-state index in [1.165, 1.54) is 12.0 Å². The highest BCUT2D eigenvalue weighted by Gasteiger charge is 2.20. The van der Waals surface area contributed by atoms with Gasteiger partial charge in [0, 0.05) is 15.4 Å². The number of rotatable bonds is 3. The lowest BCUT2D eigenvalue weighted by Gasteiger charge is -2.11. The van der Waals surface area contributed by atoms with E-state index in [4.69, 9.17) is 0 Å². The van der Waals surface area contributed by atoms with Gasteiger partial charge in [0.15, 0.2) is 5.17 Å². The first-order valence-corrected chi connectivity index (χ1v) is 7.96. The molecule has 98 valence electrons. The maximum Gasteiger partial charge on any atom is 0.161 e. The van der Waals surface area contributed by atoms with Gasteiger partial charge in [0.25, 0.3) is 0 Å². The molecular formula is C14H19BrN2S. The third kappa shape index (κ3) is 3.75. The summed E-state index contributed by atoms with van der Waals surface area (Å²) in [6, 6.07) is 6.31. The lowest BCUT2D eigenvalue weighted by Crippen LogP contribution is -2.09. The zero-order valence-corrected chi connectivity index (χ0v) is 13.4. The van der Waals surface area contributed by atoms with Crippen molar-refractivity contribution in [2.24, 2.45) is 10.9 Å². The van der Waals surface area contributed by atoms with E-state index in [2.05, 4.69) is 65.2 Å². The molecule has 0 spiro atoms. The molecule has 1 aromatic rings. The second-order valence-corrected chi connectivity index (χ2v) is 7.25. The molecule has 0 amide bonds. The van der Waals surface area contributed by atoms with E-state index in [0.717, 1.165) is 27.8 Å². The Kier molecular flexibility index (Phi) is 4.73. The predicted molar refractivity (Wildman–Crippen MR) is 85.6 cm³/mol. The summed E-state index contributed by atoms with van der Waals surface area (Å²) in [5.41, 5.74) is 2.35. The van der Waals surface area contributed by atoms with Gasteiger partial charge in [-0.15, -0.1) is 0 Å². The molecule has 0 radical (unpaired) electrons. The Morgan fingerprint density at radius 3 is 2.94 bits per heavy atom. The van der Waals surface area contributed by atoms with E-state index in [9.17, 15) is 0 Å². The van der Waals surface area contributed by atoms with Crippen LogP contribution in [0.3, 0.4) is 0 Å². The number of nitrogens with one attached hydrogen (secondary N) is 1. The minimum Gasteiger partial charge on any atom is -0.335 e. The Bertz CT molecular complexity index is 457. The Hall–Kier alpha value is -0.480. The standard InChI is InChI=1S/C14H19BrN2S/c1-9(2)6-12-8-16-14(18-12)17-11-5-4-10(3)13(15)7-11/h4-5,7,9,12H,6,8H2,1-3H3,(H,16,17). The molecule has 1 heterocycles. The van der Waals surface area contributed by atoms with E-state index in [0.29, 0.717) is 5.25 Å². The maximum atomic E-state index is 4.57. The molecule has 2 nitrogen and oxygen atoms in total. The van der Waals surface area contributed by atoms with Crippen LogP contribution in [0.5, 0.6) is 0 Å². The molecule has 1 aliphatic heterocycles. The molecule has 0 aliphatic carbocycles. The summed E-state index contributed by atoms with van der Waals surface area (Å²) in [4.78, 5) is 4.57. The number of aryl methyl sites for hydroxylation is 1. The number of thioether (sulfide) groups is 1. The second-order valence-electron chi connectivity index (χ2n) is 5.10. The van der Waals surface area contributed by atoms with Crippen molar-refractivity contribution >= 4 is 38.5 Å². The fourth-order valence-electron chi connectivity index (χ4n) is 1.93. The quantitative estimate of drug-likeness (QED) is 0.871. The van der Waals surface area contributed by atoms with Gasteiger partial charge in [-0.25, -0.2) is 0 Å². The van der Waals surface area contributed by atoms with Crippen LogP contribution in [-0.4, -0.2) is 17.0 Å².